The number of esters is 1. The maximum atomic E-state index is 12.4. The number of carbonyl (C=O) groups excluding carboxylic acids is 4. The third-order valence-electron chi connectivity index (χ3n) is 4.26. The first-order chi connectivity index (χ1) is 12.0. The number of hydrogen-bond donors (Lipinski definition) is 2. The molecule has 0 spiro atoms. The normalized spacial score (nSPS) is 19.8. The van der Waals surface area contributed by atoms with Gasteiger partial charge in [-0.2, -0.15) is 0 Å². The van der Waals surface area contributed by atoms with Gasteiger partial charge in [-0.15, -0.1) is 0 Å². The van der Waals surface area contributed by atoms with Crippen LogP contribution in [-0.4, -0.2) is 72.9 Å². The lowest BCUT2D eigenvalue weighted by Crippen LogP contribution is -2.66. The first kappa shape index (κ1) is 16.7. The second-order valence-electron chi connectivity index (χ2n) is 5.77. The van der Waals surface area contributed by atoms with E-state index in [1.54, 1.807) is 24.3 Å². The van der Waals surface area contributed by atoms with Crippen LogP contribution in [0.1, 0.15) is 10.4 Å². The third-order valence-corrected chi connectivity index (χ3v) is 4.26. The zero-order valence-electron chi connectivity index (χ0n) is 13.7. The van der Waals surface area contributed by atoms with E-state index in [4.69, 9.17) is 0 Å². The third kappa shape index (κ3) is 3.39. The molecule has 1 aromatic carbocycles. The molecular formula is C16H18N4O5. The Hall–Kier alpha value is -3.10. The molecule has 2 fully saturated rings. The number of urea groups is 1. The highest BCUT2D eigenvalue weighted by Gasteiger charge is 2.39. The molecule has 2 heterocycles. The zero-order chi connectivity index (χ0) is 18.0. The van der Waals surface area contributed by atoms with Crippen molar-refractivity contribution in [1.29, 1.82) is 0 Å². The maximum absolute atomic E-state index is 12.4. The molecule has 0 bridgehead atoms. The van der Waals surface area contributed by atoms with Crippen molar-refractivity contribution in [3.8, 4) is 0 Å². The lowest BCUT2D eigenvalue weighted by Gasteiger charge is -2.42. The number of benzene rings is 1. The van der Waals surface area contributed by atoms with Crippen LogP contribution in [0, 0.1) is 0 Å². The number of rotatable bonds is 2. The first-order valence-corrected chi connectivity index (χ1v) is 7.81. The van der Waals surface area contributed by atoms with E-state index in [0.29, 0.717) is 24.3 Å². The van der Waals surface area contributed by atoms with Crippen LogP contribution < -0.4 is 10.6 Å². The van der Waals surface area contributed by atoms with Crippen LogP contribution in [0.4, 0.5) is 10.5 Å². The van der Waals surface area contributed by atoms with Gasteiger partial charge in [-0.25, -0.2) is 9.59 Å². The van der Waals surface area contributed by atoms with Gasteiger partial charge in [0.15, 0.2) is 0 Å². The number of nitrogens with zero attached hydrogens (tertiary/aromatic N) is 2. The van der Waals surface area contributed by atoms with Gasteiger partial charge in [0.2, 0.25) is 11.8 Å². The summed E-state index contributed by atoms with van der Waals surface area (Å²) in [5.41, 5.74) is 0.899. The standard InChI is InChI=1S/C16H18N4O5/c1-25-15(23)10-2-4-11(5-3-10)18-16(24)19-6-7-20-12(9-19)14(22)17-8-13(20)21/h2-5,12H,6-9H2,1H3,(H,17,22)(H,18,24). The van der Waals surface area contributed by atoms with Crippen molar-refractivity contribution in [3.63, 3.8) is 0 Å². The molecule has 1 atom stereocenters. The molecule has 2 N–H and O–H groups in total. The van der Waals surface area contributed by atoms with E-state index in [0.717, 1.165) is 0 Å². The largest absolute Gasteiger partial charge is 0.465 e. The van der Waals surface area contributed by atoms with E-state index in [1.807, 2.05) is 0 Å². The fourth-order valence-corrected chi connectivity index (χ4v) is 2.88. The van der Waals surface area contributed by atoms with Crippen LogP contribution in [0.2, 0.25) is 0 Å². The maximum Gasteiger partial charge on any atom is 0.337 e. The van der Waals surface area contributed by atoms with Gasteiger partial charge in [-0.1, -0.05) is 0 Å². The minimum Gasteiger partial charge on any atom is -0.465 e. The van der Waals surface area contributed by atoms with Gasteiger partial charge in [0.1, 0.15) is 6.04 Å². The molecule has 0 saturated carbocycles. The van der Waals surface area contributed by atoms with E-state index in [9.17, 15) is 19.2 Å². The molecule has 1 aromatic rings. The minimum atomic E-state index is -0.651. The van der Waals surface area contributed by atoms with Gasteiger partial charge in [-0.05, 0) is 24.3 Å². The highest BCUT2D eigenvalue weighted by atomic mass is 16.5. The number of nitrogens with one attached hydrogen (secondary N) is 2. The quantitative estimate of drug-likeness (QED) is 0.712. The minimum absolute atomic E-state index is 0.00801. The van der Waals surface area contributed by atoms with Crippen LogP contribution in [0.25, 0.3) is 0 Å². The Morgan fingerprint density at radius 2 is 1.92 bits per heavy atom. The molecule has 1 unspecified atom stereocenters. The summed E-state index contributed by atoms with van der Waals surface area (Å²) in [6, 6.07) is 5.27. The molecule has 3 rings (SSSR count). The van der Waals surface area contributed by atoms with Crippen LogP contribution in [0.3, 0.4) is 0 Å². The van der Waals surface area contributed by atoms with Gasteiger partial charge < -0.3 is 25.2 Å². The van der Waals surface area contributed by atoms with Crippen molar-refractivity contribution >= 4 is 29.5 Å². The molecule has 9 heteroatoms. The lowest BCUT2D eigenvalue weighted by atomic mass is 10.1. The van der Waals surface area contributed by atoms with E-state index < -0.39 is 12.0 Å². The van der Waals surface area contributed by atoms with E-state index in [2.05, 4.69) is 15.4 Å². The van der Waals surface area contributed by atoms with Crippen LogP contribution in [0.5, 0.6) is 0 Å². The fourth-order valence-electron chi connectivity index (χ4n) is 2.88. The van der Waals surface area contributed by atoms with E-state index in [-0.39, 0.29) is 30.9 Å². The predicted octanol–water partition coefficient (Wildman–Crippen LogP) is -0.352. The summed E-state index contributed by atoms with van der Waals surface area (Å²) in [7, 11) is 1.30. The van der Waals surface area contributed by atoms with Gasteiger partial charge in [0, 0.05) is 18.8 Å². The molecule has 0 aromatic heterocycles. The van der Waals surface area contributed by atoms with Crippen molar-refractivity contribution in [1.82, 2.24) is 15.1 Å². The van der Waals surface area contributed by atoms with Crippen molar-refractivity contribution in [2.75, 3.05) is 38.6 Å². The van der Waals surface area contributed by atoms with Gasteiger partial charge in [-0.3, -0.25) is 9.59 Å². The summed E-state index contributed by atoms with van der Waals surface area (Å²) in [5, 5.41) is 5.25. The van der Waals surface area contributed by atoms with Crippen molar-refractivity contribution in [3.05, 3.63) is 29.8 Å². The number of fused-ring (bicyclic) bond motifs is 1. The summed E-state index contributed by atoms with van der Waals surface area (Å²) < 4.78 is 4.62. The molecular weight excluding hydrogens is 328 g/mol. The molecule has 132 valence electrons. The average molecular weight is 346 g/mol. The monoisotopic (exact) mass is 346 g/mol. The number of piperazine rings is 2. The van der Waals surface area contributed by atoms with Crippen molar-refractivity contribution < 1.29 is 23.9 Å². The van der Waals surface area contributed by atoms with Crippen LogP contribution in [-0.2, 0) is 14.3 Å². The fraction of sp³-hybridized carbons (Fsp3) is 0.375. The average Bonchev–Trinajstić information content (AvgIpc) is 2.64. The predicted molar refractivity (Wildman–Crippen MR) is 86.9 cm³/mol. The second-order valence-corrected chi connectivity index (χ2v) is 5.77. The second kappa shape index (κ2) is 6.80. The Balaban J connectivity index is 1.63. The summed E-state index contributed by atoms with van der Waals surface area (Å²) >= 11 is 0. The molecule has 9 nitrogen and oxygen atoms in total. The van der Waals surface area contributed by atoms with Crippen molar-refractivity contribution in [2.45, 2.75) is 6.04 Å². The molecule has 0 aliphatic carbocycles. The number of amides is 4. The van der Waals surface area contributed by atoms with E-state index >= 15 is 0 Å². The molecule has 2 aliphatic rings. The smallest absolute Gasteiger partial charge is 0.337 e. The summed E-state index contributed by atoms with van der Waals surface area (Å²) in [6.07, 6.45) is 0. The van der Waals surface area contributed by atoms with E-state index in [1.165, 1.54) is 16.9 Å². The van der Waals surface area contributed by atoms with Gasteiger partial charge >= 0.3 is 12.0 Å². The Bertz CT molecular complexity index is 718. The summed E-state index contributed by atoms with van der Waals surface area (Å²) in [5.74, 6) is -0.843. The topological polar surface area (TPSA) is 108 Å². The molecule has 2 aliphatic heterocycles. The van der Waals surface area contributed by atoms with Crippen molar-refractivity contribution in [2.24, 2.45) is 0 Å². The number of carbonyl (C=O) groups is 4. The molecule has 2 saturated heterocycles. The van der Waals surface area contributed by atoms with Crippen LogP contribution >= 0.6 is 0 Å². The van der Waals surface area contributed by atoms with Gasteiger partial charge in [0.05, 0.1) is 25.8 Å². The number of methoxy groups -OCH3 is 1. The molecule has 25 heavy (non-hydrogen) atoms. The Labute approximate surface area is 143 Å². The molecule has 4 amide bonds. The summed E-state index contributed by atoms with van der Waals surface area (Å²) in [6.45, 7) is 0.824. The first-order valence-electron chi connectivity index (χ1n) is 7.81. The number of ether oxygens (including phenoxy) is 1. The lowest BCUT2D eigenvalue weighted by molar-refractivity contribution is -0.148. The Kier molecular flexibility index (Phi) is 4.55. The summed E-state index contributed by atoms with van der Waals surface area (Å²) in [4.78, 5) is 50.5. The Morgan fingerprint density at radius 1 is 1.20 bits per heavy atom. The highest BCUT2D eigenvalue weighted by molar-refractivity contribution is 5.96. The molecule has 0 radical (unpaired) electrons. The van der Waals surface area contributed by atoms with Crippen LogP contribution in [0.15, 0.2) is 24.3 Å². The number of anilines is 1. The highest BCUT2D eigenvalue weighted by Crippen LogP contribution is 2.16. The van der Waals surface area contributed by atoms with Gasteiger partial charge in [0.25, 0.3) is 0 Å². The zero-order valence-corrected chi connectivity index (χ0v) is 13.7. The SMILES string of the molecule is COC(=O)c1ccc(NC(=O)N2CCN3C(=O)CNC(=O)C3C2)cc1. The Morgan fingerprint density at radius 3 is 2.60 bits per heavy atom. The number of hydrogen-bond acceptors (Lipinski definition) is 5.